The Bertz CT molecular complexity index is 728. The number of hydrogen-bond acceptors (Lipinski definition) is 3. The summed E-state index contributed by atoms with van der Waals surface area (Å²) in [7, 11) is -2.12. The molecule has 0 saturated carbocycles. The molecule has 1 aromatic rings. The maximum Gasteiger partial charge on any atom is 0.311 e. The molecule has 1 aliphatic rings. The standard InChI is InChI=1S/C22H35NO4Si/c1-15(16-11-9-8-10-12-16)23-14-22(5,20(26)27)17(19(23)25)13-18(24)28(6,7)21(2,3)4/h8-12,15,17-18,24H,13-14H2,1-7H3,(H,26,27)/t15-,17?,18?,22-/m1/s1. The zero-order valence-corrected chi connectivity index (χ0v) is 19.2. The highest BCUT2D eigenvalue weighted by Crippen LogP contribution is 2.46. The molecular weight excluding hydrogens is 370 g/mol. The van der Waals surface area contributed by atoms with Crippen LogP contribution in [0.4, 0.5) is 0 Å². The molecule has 4 atom stereocenters. The Morgan fingerprint density at radius 3 is 2.29 bits per heavy atom. The van der Waals surface area contributed by atoms with Crippen LogP contribution in [0.3, 0.4) is 0 Å². The number of hydrogen-bond donors (Lipinski definition) is 2. The Morgan fingerprint density at radius 2 is 1.82 bits per heavy atom. The zero-order chi connectivity index (χ0) is 21.5. The molecule has 2 unspecified atom stereocenters. The fourth-order valence-electron chi connectivity index (χ4n) is 3.85. The first-order valence-electron chi connectivity index (χ1n) is 10.0. The minimum absolute atomic E-state index is 0.0509. The maximum atomic E-state index is 13.3. The second-order valence-electron chi connectivity index (χ2n) is 10.1. The number of carbonyl (C=O) groups excluding carboxylic acids is 1. The molecule has 2 rings (SSSR count). The number of carbonyl (C=O) groups is 2. The predicted octanol–water partition coefficient (Wildman–Crippen LogP) is 4.10. The smallest absolute Gasteiger partial charge is 0.311 e. The first-order chi connectivity index (χ1) is 12.7. The Labute approximate surface area is 169 Å². The average molecular weight is 406 g/mol. The van der Waals surface area contributed by atoms with Gasteiger partial charge in [-0.15, -0.1) is 0 Å². The van der Waals surface area contributed by atoms with Gasteiger partial charge in [-0.1, -0.05) is 64.2 Å². The van der Waals surface area contributed by atoms with Gasteiger partial charge < -0.3 is 15.1 Å². The minimum atomic E-state index is -2.12. The number of carboxylic acid groups (broad SMARTS) is 1. The van der Waals surface area contributed by atoms with E-state index < -0.39 is 31.1 Å². The van der Waals surface area contributed by atoms with Crippen LogP contribution in [0.25, 0.3) is 0 Å². The number of aliphatic carboxylic acids is 1. The normalized spacial score (nSPS) is 25.6. The number of aliphatic hydroxyl groups is 1. The Hall–Kier alpha value is -1.66. The summed E-state index contributed by atoms with van der Waals surface area (Å²) in [6.45, 7) is 14.3. The summed E-state index contributed by atoms with van der Waals surface area (Å²) in [6, 6.07) is 9.45. The predicted molar refractivity (Wildman–Crippen MR) is 114 cm³/mol. The van der Waals surface area contributed by atoms with Crippen LogP contribution < -0.4 is 0 Å². The fraction of sp³-hybridized carbons (Fsp3) is 0.636. The van der Waals surface area contributed by atoms with Gasteiger partial charge >= 0.3 is 5.97 Å². The van der Waals surface area contributed by atoms with Gasteiger partial charge in [-0.2, -0.15) is 0 Å². The summed E-state index contributed by atoms with van der Waals surface area (Å²) in [4.78, 5) is 27.2. The average Bonchev–Trinajstić information content (AvgIpc) is 2.87. The molecule has 1 saturated heterocycles. The van der Waals surface area contributed by atoms with E-state index in [2.05, 4.69) is 33.9 Å². The quantitative estimate of drug-likeness (QED) is 0.699. The van der Waals surface area contributed by atoms with Crippen molar-refractivity contribution in [1.29, 1.82) is 0 Å². The molecule has 0 bridgehead atoms. The van der Waals surface area contributed by atoms with E-state index in [0.717, 1.165) is 5.56 Å². The first kappa shape index (κ1) is 22.6. The van der Waals surface area contributed by atoms with Gasteiger partial charge in [-0.3, -0.25) is 9.59 Å². The van der Waals surface area contributed by atoms with Gasteiger partial charge in [-0.25, -0.2) is 0 Å². The van der Waals surface area contributed by atoms with Crippen molar-refractivity contribution in [1.82, 2.24) is 4.90 Å². The Kier molecular flexibility index (Phi) is 6.17. The summed E-state index contributed by atoms with van der Waals surface area (Å²) in [6.07, 6.45) is 0.204. The molecule has 156 valence electrons. The van der Waals surface area contributed by atoms with Crippen LogP contribution >= 0.6 is 0 Å². The van der Waals surface area contributed by atoms with Gasteiger partial charge in [0.25, 0.3) is 0 Å². The number of rotatable bonds is 6. The molecule has 1 heterocycles. The highest BCUT2D eigenvalue weighted by atomic mass is 28.3. The molecule has 0 aliphatic carbocycles. The van der Waals surface area contributed by atoms with Crippen molar-refractivity contribution in [2.24, 2.45) is 11.3 Å². The number of likely N-dealkylation sites (tertiary alicyclic amines) is 1. The highest BCUT2D eigenvalue weighted by molar-refractivity contribution is 6.81. The van der Waals surface area contributed by atoms with Crippen molar-refractivity contribution in [3.63, 3.8) is 0 Å². The lowest BCUT2D eigenvalue weighted by atomic mass is 9.78. The molecule has 1 fully saturated rings. The third-order valence-corrected chi connectivity index (χ3v) is 13.1. The monoisotopic (exact) mass is 405 g/mol. The van der Waals surface area contributed by atoms with E-state index in [1.165, 1.54) is 0 Å². The number of aliphatic hydroxyl groups excluding tert-OH is 1. The van der Waals surface area contributed by atoms with Gasteiger partial charge in [0.1, 0.15) is 0 Å². The second kappa shape index (κ2) is 7.63. The van der Waals surface area contributed by atoms with Crippen LogP contribution in [0.5, 0.6) is 0 Å². The Balaban J connectivity index is 2.34. The molecule has 2 N–H and O–H groups in total. The van der Waals surface area contributed by atoms with E-state index in [-0.39, 0.29) is 30.0 Å². The van der Waals surface area contributed by atoms with Crippen molar-refractivity contribution in [3.05, 3.63) is 35.9 Å². The van der Waals surface area contributed by atoms with Crippen molar-refractivity contribution < 1.29 is 19.8 Å². The number of nitrogens with zero attached hydrogens (tertiary/aromatic N) is 1. The maximum absolute atomic E-state index is 13.3. The minimum Gasteiger partial charge on any atom is -0.481 e. The van der Waals surface area contributed by atoms with Crippen molar-refractivity contribution in [2.45, 2.75) is 70.9 Å². The zero-order valence-electron chi connectivity index (χ0n) is 18.2. The van der Waals surface area contributed by atoms with Crippen LogP contribution in [0.1, 0.15) is 52.6 Å². The van der Waals surface area contributed by atoms with E-state index in [4.69, 9.17) is 0 Å². The largest absolute Gasteiger partial charge is 0.481 e. The molecule has 0 spiro atoms. The summed E-state index contributed by atoms with van der Waals surface area (Å²) in [5.41, 5.74) is -0.870. The first-order valence-corrected chi connectivity index (χ1v) is 13.1. The topological polar surface area (TPSA) is 77.8 Å². The lowest BCUT2D eigenvalue weighted by Crippen LogP contribution is -2.51. The fourth-order valence-corrected chi connectivity index (χ4v) is 5.67. The van der Waals surface area contributed by atoms with Crippen LogP contribution in [0.15, 0.2) is 30.3 Å². The summed E-state index contributed by atoms with van der Waals surface area (Å²) >= 11 is 0. The second-order valence-corrected chi connectivity index (χ2v) is 15.7. The lowest BCUT2D eigenvalue weighted by Gasteiger charge is -2.42. The number of amides is 1. The summed E-state index contributed by atoms with van der Waals surface area (Å²) in [5, 5.41) is 21.0. The van der Waals surface area contributed by atoms with Crippen LogP contribution in [-0.4, -0.2) is 47.3 Å². The van der Waals surface area contributed by atoms with Crippen LogP contribution in [-0.2, 0) is 9.59 Å². The van der Waals surface area contributed by atoms with E-state index >= 15 is 0 Å². The third-order valence-electron chi connectivity index (χ3n) is 7.31. The molecular formula is C22H35NO4Si. The molecule has 0 aromatic heterocycles. The molecule has 0 radical (unpaired) electrons. The number of benzene rings is 1. The van der Waals surface area contributed by atoms with E-state index in [1.807, 2.05) is 37.3 Å². The lowest BCUT2D eigenvalue weighted by molar-refractivity contribution is -0.151. The molecule has 1 amide bonds. The van der Waals surface area contributed by atoms with Gasteiger partial charge in [0.2, 0.25) is 5.91 Å². The Morgan fingerprint density at radius 1 is 1.29 bits per heavy atom. The van der Waals surface area contributed by atoms with E-state index in [0.29, 0.717) is 0 Å². The van der Waals surface area contributed by atoms with E-state index in [9.17, 15) is 19.8 Å². The molecule has 5 nitrogen and oxygen atoms in total. The highest BCUT2D eigenvalue weighted by Gasteiger charge is 2.57. The van der Waals surface area contributed by atoms with Gasteiger partial charge in [0, 0.05) is 12.3 Å². The van der Waals surface area contributed by atoms with Gasteiger partial charge in [0.15, 0.2) is 0 Å². The van der Waals surface area contributed by atoms with Crippen molar-refractivity contribution >= 4 is 20.0 Å². The third kappa shape index (κ3) is 3.89. The number of carboxylic acids is 1. The molecule has 6 heteroatoms. The SMILES string of the molecule is C[C@H](c1ccccc1)N1C[C@@](C)(C(=O)O)C(CC(O)[Si](C)(C)C(C)(C)C)C1=O. The van der Waals surface area contributed by atoms with Crippen molar-refractivity contribution in [2.75, 3.05) is 6.54 Å². The molecule has 1 aliphatic heterocycles. The van der Waals surface area contributed by atoms with Crippen LogP contribution in [0.2, 0.25) is 18.1 Å². The van der Waals surface area contributed by atoms with E-state index in [1.54, 1.807) is 11.8 Å². The summed E-state index contributed by atoms with van der Waals surface area (Å²) < 4.78 is 0. The van der Waals surface area contributed by atoms with Gasteiger partial charge in [0.05, 0.1) is 25.4 Å². The molecule has 1 aromatic carbocycles. The van der Waals surface area contributed by atoms with Gasteiger partial charge in [-0.05, 0) is 30.9 Å². The van der Waals surface area contributed by atoms with Crippen molar-refractivity contribution in [3.8, 4) is 0 Å². The van der Waals surface area contributed by atoms with Crippen LogP contribution in [0, 0.1) is 11.3 Å². The molecule has 28 heavy (non-hydrogen) atoms. The summed E-state index contributed by atoms with van der Waals surface area (Å²) in [5.74, 6) is -1.87.